The zero-order valence-electron chi connectivity index (χ0n) is 26.6. The van der Waals surface area contributed by atoms with Gasteiger partial charge in [0.05, 0.1) is 0 Å². The second-order valence-electron chi connectivity index (χ2n) is 12.4. The molecule has 0 spiro atoms. The van der Waals surface area contributed by atoms with Crippen molar-refractivity contribution >= 4 is 17.9 Å². The van der Waals surface area contributed by atoms with Gasteiger partial charge in [-0.1, -0.05) is 82.5 Å². The van der Waals surface area contributed by atoms with Gasteiger partial charge in [0.2, 0.25) is 11.8 Å². The van der Waals surface area contributed by atoms with Crippen molar-refractivity contribution in [3.8, 4) is 12.3 Å². The molecule has 0 bridgehead atoms. The van der Waals surface area contributed by atoms with Gasteiger partial charge in [-0.25, -0.2) is 4.79 Å². The van der Waals surface area contributed by atoms with Crippen LogP contribution in [-0.4, -0.2) is 40.5 Å². The first-order valence-corrected chi connectivity index (χ1v) is 15.0. The molecule has 0 aromatic heterocycles. The highest BCUT2D eigenvalue weighted by molar-refractivity contribution is 5.92. The Morgan fingerprint density at radius 1 is 0.952 bits per heavy atom. The molecule has 7 heteroatoms. The number of rotatable bonds is 13. The first kappa shape index (κ1) is 34.4. The van der Waals surface area contributed by atoms with Crippen molar-refractivity contribution < 1.29 is 19.1 Å². The monoisotopic (exact) mass is 575 g/mol. The van der Waals surface area contributed by atoms with Gasteiger partial charge >= 0.3 is 6.09 Å². The summed E-state index contributed by atoms with van der Waals surface area (Å²) in [6.07, 6.45) is 7.13. The molecule has 42 heavy (non-hydrogen) atoms. The number of carbonyl (C=O) groups is 3. The van der Waals surface area contributed by atoms with Gasteiger partial charge in [-0.05, 0) is 75.6 Å². The summed E-state index contributed by atoms with van der Waals surface area (Å²) >= 11 is 0. The molecule has 0 aliphatic carbocycles. The van der Waals surface area contributed by atoms with Gasteiger partial charge < -0.3 is 20.3 Å². The van der Waals surface area contributed by atoms with Crippen molar-refractivity contribution in [3.05, 3.63) is 71.3 Å². The summed E-state index contributed by atoms with van der Waals surface area (Å²) in [5.74, 6) is 2.19. The molecule has 0 aliphatic rings. The molecule has 0 saturated heterocycles. The number of benzene rings is 2. The van der Waals surface area contributed by atoms with Gasteiger partial charge in [-0.3, -0.25) is 9.59 Å². The van der Waals surface area contributed by atoms with Crippen LogP contribution in [0.4, 0.5) is 4.79 Å². The molecule has 0 radical (unpaired) electrons. The van der Waals surface area contributed by atoms with Gasteiger partial charge in [0.1, 0.15) is 17.7 Å². The van der Waals surface area contributed by atoms with E-state index >= 15 is 0 Å². The van der Waals surface area contributed by atoms with E-state index in [1.807, 2.05) is 51.1 Å². The van der Waals surface area contributed by atoms with Crippen LogP contribution in [0.25, 0.3) is 0 Å². The summed E-state index contributed by atoms with van der Waals surface area (Å²) in [6, 6.07) is 14.7. The maximum atomic E-state index is 14.6. The largest absolute Gasteiger partial charge is 0.444 e. The second kappa shape index (κ2) is 16.0. The topological polar surface area (TPSA) is 87.7 Å². The lowest BCUT2D eigenvalue weighted by atomic mass is 9.93. The van der Waals surface area contributed by atoms with E-state index in [1.54, 1.807) is 49.9 Å². The van der Waals surface area contributed by atoms with E-state index in [9.17, 15) is 14.4 Å². The number of carbonyl (C=O) groups excluding carboxylic acids is 3. The van der Waals surface area contributed by atoms with Gasteiger partial charge in [-0.15, -0.1) is 6.42 Å². The van der Waals surface area contributed by atoms with Crippen LogP contribution in [0.2, 0.25) is 0 Å². The minimum absolute atomic E-state index is 0.207. The fourth-order valence-corrected chi connectivity index (χ4v) is 4.67. The summed E-state index contributed by atoms with van der Waals surface area (Å²) in [5.41, 5.74) is 1.54. The van der Waals surface area contributed by atoms with Gasteiger partial charge in [0.25, 0.3) is 0 Å². The summed E-state index contributed by atoms with van der Waals surface area (Å²) in [6.45, 7) is 15.8. The number of nitrogens with zero attached hydrogens (tertiary/aromatic N) is 1. The molecule has 2 N–H and O–H groups in total. The molecule has 0 saturated carbocycles. The molecular weight excluding hydrogens is 526 g/mol. The number of hydrogen-bond acceptors (Lipinski definition) is 4. The van der Waals surface area contributed by atoms with Crippen LogP contribution < -0.4 is 10.6 Å². The molecular formula is C35H49N3O4. The predicted molar refractivity (Wildman–Crippen MR) is 168 cm³/mol. The third-order valence-corrected chi connectivity index (χ3v) is 7.27. The van der Waals surface area contributed by atoms with E-state index in [1.165, 1.54) is 0 Å². The molecule has 228 valence electrons. The first-order chi connectivity index (χ1) is 19.8. The lowest BCUT2D eigenvalue weighted by Crippen LogP contribution is -2.57. The van der Waals surface area contributed by atoms with Crippen LogP contribution in [0.15, 0.2) is 54.6 Å². The number of alkyl carbamates (subject to hydrolysis) is 1. The highest BCUT2D eigenvalue weighted by Crippen LogP contribution is 2.29. The van der Waals surface area contributed by atoms with E-state index < -0.39 is 23.8 Å². The molecule has 2 aromatic carbocycles. The van der Waals surface area contributed by atoms with Crippen molar-refractivity contribution in [2.24, 2.45) is 11.8 Å². The van der Waals surface area contributed by atoms with Crippen LogP contribution >= 0.6 is 0 Å². The van der Waals surface area contributed by atoms with E-state index in [-0.39, 0.29) is 23.8 Å². The number of ether oxygens (including phenoxy) is 1. The maximum Gasteiger partial charge on any atom is 0.408 e. The van der Waals surface area contributed by atoms with Crippen molar-refractivity contribution in [3.63, 3.8) is 0 Å². The Kier molecular flexibility index (Phi) is 13.1. The smallest absolute Gasteiger partial charge is 0.408 e. The van der Waals surface area contributed by atoms with Crippen LogP contribution in [0, 0.1) is 24.2 Å². The number of amides is 3. The first-order valence-electron chi connectivity index (χ1n) is 15.0. The Hall–Kier alpha value is -3.79. The van der Waals surface area contributed by atoms with E-state index in [4.69, 9.17) is 11.2 Å². The number of hydrogen-bond donors (Lipinski definition) is 2. The van der Waals surface area contributed by atoms with Crippen molar-refractivity contribution in [2.45, 2.75) is 105 Å². The normalized spacial score (nSPS) is 14.2. The summed E-state index contributed by atoms with van der Waals surface area (Å²) in [7, 11) is 0. The number of nitrogens with one attached hydrogen (secondary N) is 2. The fourth-order valence-electron chi connectivity index (χ4n) is 4.67. The molecule has 7 nitrogen and oxygen atoms in total. The van der Waals surface area contributed by atoms with E-state index in [2.05, 4.69) is 30.4 Å². The Labute approximate surface area is 252 Å². The SMILES string of the molecule is C#Cc1ccc(C(C(=O)NCc2ccccc2)N(C(=O)C(NC(=O)OC(C)(C)C)C(C)CC)C(C)CCC(C)C)cc1. The third-order valence-electron chi connectivity index (χ3n) is 7.27. The zero-order valence-corrected chi connectivity index (χ0v) is 26.6. The zero-order chi connectivity index (χ0) is 31.4. The molecule has 0 fully saturated rings. The Balaban J connectivity index is 2.60. The highest BCUT2D eigenvalue weighted by atomic mass is 16.6. The minimum atomic E-state index is -0.942. The van der Waals surface area contributed by atoms with E-state index in [0.29, 0.717) is 36.4 Å². The standard InChI is InChI=1S/C35H49N3O4/c1-10-25(5)30(37-34(41)42-35(7,8)9)33(40)38(26(6)18-17-24(3)4)31(29-21-19-27(11-2)20-22-29)32(39)36-23-28-15-13-12-14-16-28/h2,12-16,19-22,24-26,30-31H,10,17-18,23H2,1,3-9H3,(H,36,39)(H,37,41). The molecule has 2 rings (SSSR count). The minimum Gasteiger partial charge on any atom is -0.444 e. The molecule has 2 aromatic rings. The Morgan fingerprint density at radius 3 is 2.10 bits per heavy atom. The van der Waals surface area contributed by atoms with Crippen LogP contribution in [0.5, 0.6) is 0 Å². The summed E-state index contributed by atoms with van der Waals surface area (Å²) in [4.78, 5) is 43.2. The van der Waals surface area contributed by atoms with Crippen molar-refractivity contribution in [1.29, 1.82) is 0 Å². The average Bonchev–Trinajstić information content (AvgIpc) is 2.95. The molecule has 0 heterocycles. The van der Waals surface area contributed by atoms with Crippen molar-refractivity contribution in [2.75, 3.05) is 0 Å². The van der Waals surface area contributed by atoms with Crippen LogP contribution in [0.3, 0.4) is 0 Å². The quantitative estimate of drug-likeness (QED) is 0.263. The second-order valence-corrected chi connectivity index (χ2v) is 12.4. The predicted octanol–water partition coefficient (Wildman–Crippen LogP) is 6.62. The summed E-state index contributed by atoms with van der Waals surface area (Å²) < 4.78 is 5.52. The van der Waals surface area contributed by atoms with E-state index in [0.717, 1.165) is 12.0 Å². The van der Waals surface area contributed by atoms with Gasteiger partial charge in [0, 0.05) is 18.2 Å². The highest BCUT2D eigenvalue weighted by Gasteiger charge is 2.40. The third kappa shape index (κ3) is 10.6. The van der Waals surface area contributed by atoms with Crippen LogP contribution in [0.1, 0.15) is 97.4 Å². The van der Waals surface area contributed by atoms with Crippen LogP contribution in [-0.2, 0) is 20.9 Å². The lowest BCUT2D eigenvalue weighted by molar-refractivity contribution is -0.146. The molecule has 0 aliphatic heterocycles. The maximum absolute atomic E-state index is 14.6. The number of terminal acetylenes is 1. The molecule has 3 amide bonds. The fraction of sp³-hybridized carbons (Fsp3) is 0.514. The van der Waals surface area contributed by atoms with Gasteiger partial charge in [-0.2, -0.15) is 0 Å². The van der Waals surface area contributed by atoms with Gasteiger partial charge in [0.15, 0.2) is 0 Å². The summed E-state index contributed by atoms with van der Waals surface area (Å²) in [5, 5.41) is 5.89. The Bertz CT molecular complexity index is 1200. The average molecular weight is 576 g/mol. The molecule has 4 atom stereocenters. The lowest BCUT2D eigenvalue weighted by Gasteiger charge is -2.40. The van der Waals surface area contributed by atoms with Crippen molar-refractivity contribution in [1.82, 2.24) is 15.5 Å². The molecule has 4 unspecified atom stereocenters. The Morgan fingerprint density at radius 2 is 1.57 bits per heavy atom.